The molecule has 0 atom stereocenters. The van der Waals surface area contributed by atoms with Crippen molar-refractivity contribution in [3.63, 3.8) is 0 Å². The van der Waals surface area contributed by atoms with Gasteiger partial charge in [-0.3, -0.25) is 14.5 Å². The number of amides is 2. The van der Waals surface area contributed by atoms with Crippen molar-refractivity contribution in [2.24, 2.45) is 5.92 Å². The predicted octanol–water partition coefficient (Wildman–Crippen LogP) is 4.12. The molecule has 2 aliphatic rings. The second-order valence-electron chi connectivity index (χ2n) is 7.72. The minimum atomic E-state index is -0.0437. The van der Waals surface area contributed by atoms with Crippen LogP contribution in [-0.2, 0) is 16.1 Å². The van der Waals surface area contributed by atoms with E-state index in [1.807, 2.05) is 52.9 Å². The van der Waals surface area contributed by atoms with Gasteiger partial charge in [0.25, 0.3) is 5.91 Å². The molecule has 1 aromatic heterocycles. The van der Waals surface area contributed by atoms with E-state index in [9.17, 15) is 9.59 Å². The lowest BCUT2D eigenvalue weighted by atomic mass is 9.99. The summed E-state index contributed by atoms with van der Waals surface area (Å²) in [5.74, 6) is 0.805. The lowest BCUT2D eigenvalue weighted by molar-refractivity contribution is -0.133. The molecule has 0 saturated carbocycles. The van der Waals surface area contributed by atoms with Crippen molar-refractivity contribution in [2.75, 3.05) is 19.6 Å². The van der Waals surface area contributed by atoms with Crippen molar-refractivity contribution in [1.29, 1.82) is 0 Å². The monoisotopic (exact) mass is 427 g/mol. The molecule has 1 aromatic carbocycles. The lowest BCUT2D eigenvalue weighted by Gasteiger charge is -2.30. The van der Waals surface area contributed by atoms with Gasteiger partial charge in [-0.1, -0.05) is 49.1 Å². The van der Waals surface area contributed by atoms with Gasteiger partial charge >= 0.3 is 0 Å². The van der Waals surface area contributed by atoms with E-state index in [1.54, 1.807) is 4.90 Å². The van der Waals surface area contributed by atoms with Gasteiger partial charge in [0.05, 0.1) is 4.91 Å². The Kier molecular flexibility index (Phi) is 5.79. The molecule has 5 nitrogen and oxygen atoms in total. The Bertz CT molecular complexity index is 1000. The summed E-state index contributed by atoms with van der Waals surface area (Å²) in [4.78, 5) is 29.7. The number of para-hydroxylation sites is 1. The first kappa shape index (κ1) is 20.2. The summed E-state index contributed by atoms with van der Waals surface area (Å²) in [6.07, 6.45) is 6.03. The number of piperidine rings is 1. The molecule has 0 spiro atoms. The van der Waals surface area contributed by atoms with Crippen LogP contribution in [0.3, 0.4) is 0 Å². The molecule has 2 fully saturated rings. The number of thiocarbonyl (C=S) groups is 1. The van der Waals surface area contributed by atoms with E-state index in [0.717, 1.165) is 42.4 Å². The van der Waals surface area contributed by atoms with E-state index < -0.39 is 0 Å². The normalized spacial score (nSPS) is 19.7. The summed E-state index contributed by atoms with van der Waals surface area (Å²) in [7, 11) is 0. The van der Waals surface area contributed by atoms with Crippen LogP contribution in [0.4, 0.5) is 0 Å². The Labute approximate surface area is 180 Å². The van der Waals surface area contributed by atoms with Crippen molar-refractivity contribution in [1.82, 2.24) is 14.4 Å². The molecule has 2 saturated heterocycles. The Hall–Kier alpha value is -2.12. The Balaban J connectivity index is 1.62. The number of carbonyl (C=O) groups is 2. The SMILES string of the molecule is CCN1C(=O)/C(=C/c2cn(CC(=O)N3CCC(C)CC3)c3ccccc23)SC1=S. The van der Waals surface area contributed by atoms with Crippen molar-refractivity contribution < 1.29 is 9.59 Å². The van der Waals surface area contributed by atoms with Crippen LogP contribution in [0.1, 0.15) is 32.3 Å². The molecule has 2 aromatic rings. The third kappa shape index (κ3) is 3.98. The fourth-order valence-electron chi connectivity index (χ4n) is 3.94. The molecule has 0 unspecified atom stereocenters. The van der Waals surface area contributed by atoms with Crippen LogP contribution >= 0.6 is 24.0 Å². The number of likely N-dealkylation sites (N-methyl/N-ethyl adjacent to an activating group) is 1. The first-order chi connectivity index (χ1) is 14.0. The highest BCUT2D eigenvalue weighted by Crippen LogP contribution is 2.34. The molecule has 0 bridgehead atoms. The van der Waals surface area contributed by atoms with Crippen LogP contribution in [0.5, 0.6) is 0 Å². The van der Waals surface area contributed by atoms with Crippen LogP contribution in [0.25, 0.3) is 17.0 Å². The van der Waals surface area contributed by atoms with Gasteiger partial charge in [0.1, 0.15) is 10.9 Å². The van der Waals surface area contributed by atoms with Gasteiger partial charge in [0.2, 0.25) is 5.91 Å². The Morgan fingerprint density at radius 2 is 2.00 bits per heavy atom. The van der Waals surface area contributed by atoms with Gasteiger partial charge in [-0.2, -0.15) is 0 Å². The van der Waals surface area contributed by atoms with Crippen LogP contribution in [0.2, 0.25) is 0 Å². The fraction of sp³-hybridized carbons (Fsp3) is 0.409. The molecular formula is C22H25N3O2S2. The maximum Gasteiger partial charge on any atom is 0.266 e. The number of hydrogen-bond acceptors (Lipinski definition) is 4. The highest BCUT2D eigenvalue weighted by atomic mass is 32.2. The van der Waals surface area contributed by atoms with E-state index in [1.165, 1.54) is 11.8 Å². The summed E-state index contributed by atoms with van der Waals surface area (Å²) in [5, 5.41) is 1.04. The molecular weight excluding hydrogens is 402 g/mol. The van der Waals surface area contributed by atoms with Crippen LogP contribution in [0.15, 0.2) is 35.4 Å². The van der Waals surface area contributed by atoms with E-state index in [2.05, 4.69) is 6.92 Å². The van der Waals surface area contributed by atoms with Gasteiger partial charge in [-0.25, -0.2) is 0 Å². The molecule has 7 heteroatoms. The summed E-state index contributed by atoms with van der Waals surface area (Å²) < 4.78 is 2.60. The largest absolute Gasteiger partial charge is 0.341 e. The molecule has 2 aliphatic heterocycles. The number of fused-ring (bicyclic) bond motifs is 1. The number of carbonyl (C=O) groups excluding carboxylic acids is 2. The zero-order chi connectivity index (χ0) is 20.5. The summed E-state index contributed by atoms with van der Waals surface area (Å²) >= 11 is 6.66. The van der Waals surface area contributed by atoms with Gasteiger partial charge < -0.3 is 9.47 Å². The molecule has 2 amide bonds. The third-order valence-corrected chi connectivity index (χ3v) is 7.12. The smallest absolute Gasteiger partial charge is 0.266 e. The van der Waals surface area contributed by atoms with Gasteiger partial charge in [-0.15, -0.1) is 0 Å². The van der Waals surface area contributed by atoms with Gasteiger partial charge in [0, 0.05) is 42.3 Å². The van der Waals surface area contributed by atoms with E-state index in [-0.39, 0.29) is 11.8 Å². The number of aromatic nitrogens is 1. The highest BCUT2D eigenvalue weighted by molar-refractivity contribution is 8.26. The predicted molar refractivity (Wildman–Crippen MR) is 122 cm³/mol. The van der Waals surface area contributed by atoms with E-state index in [0.29, 0.717) is 28.2 Å². The van der Waals surface area contributed by atoms with Crippen molar-refractivity contribution >= 4 is 57.1 Å². The Morgan fingerprint density at radius 1 is 1.28 bits per heavy atom. The average Bonchev–Trinajstić information content (AvgIpc) is 3.19. The van der Waals surface area contributed by atoms with Crippen LogP contribution in [0, 0.1) is 5.92 Å². The molecule has 0 radical (unpaired) electrons. The standard InChI is InChI=1S/C22H25N3O2S2/c1-3-25-21(27)19(29-22(25)28)12-16-13-24(18-7-5-4-6-17(16)18)14-20(26)23-10-8-15(2)9-11-23/h4-7,12-13,15H,3,8-11,14H2,1-2H3/b19-12-. The van der Waals surface area contributed by atoms with Crippen molar-refractivity contribution in [2.45, 2.75) is 33.2 Å². The maximum absolute atomic E-state index is 12.9. The second kappa shape index (κ2) is 8.32. The zero-order valence-corrected chi connectivity index (χ0v) is 18.4. The average molecular weight is 428 g/mol. The van der Waals surface area contributed by atoms with Crippen molar-refractivity contribution in [3.05, 3.63) is 40.9 Å². The number of benzene rings is 1. The maximum atomic E-state index is 12.9. The molecule has 3 heterocycles. The zero-order valence-electron chi connectivity index (χ0n) is 16.8. The molecule has 0 aliphatic carbocycles. The van der Waals surface area contributed by atoms with Gasteiger partial charge in [0.15, 0.2) is 0 Å². The molecule has 29 heavy (non-hydrogen) atoms. The number of likely N-dealkylation sites (tertiary alicyclic amines) is 1. The minimum absolute atomic E-state index is 0.0437. The molecule has 0 N–H and O–H groups in total. The summed E-state index contributed by atoms with van der Waals surface area (Å²) in [6, 6.07) is 8.02. The van der Waals surface area contributed by atoms with Crippen molar-refractivity contribution in [3.8, 4) is 0 Å². The summed E-state index contributed by atoms with van der Waals surface area (Å²) in [6.45, 7) is 6.74. The fourth-order valence-corrected chi connectivity index (χ4v) is 5.31. The molecule has 4 rings (SSSR count). The number of nitrogens with zero attached hydrogens (tertiary/aromatic N) is 3. The topological polar surface area (TPSA) is 45.6 Å². The van der Waals surface area contributed by atoms with Crippen LogP contribution in [-0.4, -0.2) is 50.1 Å². The second-order valence-corrected chi connectivity index (χ2v) is 9.39. The minimum Gasteiger partial charge on any atom is -0.341 e. The highest BCUT2D eigenvalue weighted by Gasteiger charge is 2.31. The van der Waals surface area contributed by atoms with E-state index >= 15 is 0 Å². The first-order valence-corrected chi connectivity index (χ1v) is 11.3. The number of hydrogen-bond donors (Lipinski definition) is 0. The number of thioether (sulfide) groups is 1. The number of rotatable bonds is 4. The van der Waals surface area contributed by atoms with E-state index in [4.69, 9.17) is 12.2 Å². The third-order valence-electron chi connectivity index (χ3n) is 5.74. The molecule has 152 valence electrons. The van der Waals surface area contributed by atoms with Gasteiger partial charge in [-0.05, 0) is 37.8 Å². The lowest BCUT2D eigenvalue weighted by Crippen LogP contribution is -2.39. The Morgan fingerprint density at radius 3 is 2.69 bits per heavy atom. The quantitative estimate of drug-likeness (QED) is 0.544. The van der Waals surface area contributed by atoms with Crippen LogP contribution < -0.4 is 0 Å². The first-order valence-electron chi connectivity index (χ1n) is 10.1. The summed E-state index contributed by atoms with van der Waals surface area (Å²) in [5.41, 5.74) is 1.95.